The molecule has 4 rings (SSSR count). The number of carbonyl (C=O) groups is 2. The van der Waals surface area contributed by atoms with E-state index in [0.29, 0.717) is 41.1 Å². The summed E-state index contributed by atoms with van der Waals surface area (Å²) in [5.41, 5.74) is 6.24. The summed E-state index contributed by atoms with van der Waals surface area (Å²) in [6, 6.07) is 11.8. The van der Waals surface area contributed by atoms with Gasteiger partial charge in [0, 0.05) is 18.5 Å². The second kappa shape index (κ2) is 7.47. The second-order valence-electron chi connectivity index (χ2n) is 6.16. The minimum Gasteiger partial charge on any atom is -0.454 e. The van der Waals surface area contributed by atoms with Crippen molar-refractivity contribution in [1.29, 1.82) is 0 Å². The van der Waals surface area contributed by atoms with Gasteiger partial charge in [-0.2, -0.15) is 0 Å². The van der Waals surface area contributed by atoms with Crippen LogP contribution in [0.25, 0.3) is 11.1 Å². The molecule has 2 aromatic carbocycles. The maximum Gasteiger partial charge on any atom is 0.419 e. The van der Waals surface area contributed by atoms with Crippen LogP contribution in [0.4, 0.5) is 0 Å². The number of rotatable bonds is 5. The Kier molecular flexibility index (Phi) is 4.71. The molecule has 144 valence electrons. The number of nitrogens with one attached hydrogen (secondary N) is 2. The Bertz CT molecular complexity index is 1100. The van der Waals surface area contributed by atoms with E-state index < -0.39 is 11.7 Å². The molecule has 0 unspecified atom stereocenters. The zero-order valence-electron chi connectivity index (χ0n) is 14.8. The standard InChI is InChI=1S/C19H17N3O6/c23-17(6-3-9-22-13-4-1-2-5-14(13)28-19(22)25)20-21-18(24)12-7-8-15-16(10-12)27-11-26-15/h1-2,4-5,7-8,10H,3,6,9,11H2,(H,20,23)(H,21,24). The molecule has 2 N–H and O–H groups in total. The smallest absolute Gasteiger partial charge is 0.419 e. The van der Waals surface area contributed by atoms with Crippen LogP contribution < -0.4 is 26.1 Å². The third kappa shape index (κ3) is 3.54. The van der Waals surface area contributed by atoms with Crippen LogP contribution in [0.3, 0.4) is 0 Å². The number of amides is 2. The molecule has 1 aliphatic heterocycles. The van der Waals surface area contributed by atoms with Gasteiger partial charge >= 0.3 is 5.76 Å². The minimum atomic E-state index is -0.469. The summed E-state index contributed by atoms with van der Waals surface area (Å²) in [6.07, 6.45) is 0.544. The second-order valence-corrected chi connectivity index (χ2v) is 6.16. The molecule has 2 heterocycles. The molecule has 9 heteroatoms. The lowest BCUT2D eigenvalue weighted by molar-refractivity contribution is -0.122. The summed E-state index contributed by atoms with van der Waals surface area (Å²) >= 11 is 0. The number of ether oxygens (including phenoxy) is 2. The largest absolute Gasteiger partial charge is 0.454 e. The van der Waals surface area contributed by atoms with Gasteiger partial charge < -0.3 is 13.9 Å². The number of fused-ring (bicyclic) bond motifs is 2. The van der Waals surface area contributed by atoms with Crippen LogP contribution >= 0.6 is 0 Å². The molecule has 1 aromatic heterocycles. The number of aryl methyl sites for hydroxylation is 1. The van der Waals surface area contributed by atoms with Crippen molar-refractivity contribution in [3.8, 4) is 11.5 Å². The van der Waals surface area contributed by atoms with Gasteiger partial charge in [0.2, 0.25) is 12.7 Å². The van der Waals surface area contributed by atoms with Gasteiger partial charge in [0.05, 0.1) is 5.52 Å². The minimum absolute atomic E-state index is 0.117. The molecule has 0 saturated heterocycles. The van der Waals surface area contributed by atoms with Crippen molar-refractivity contribution in [3.63, 3.8) is 0 Å². The van der Waals surface area contributed by atoms with Gasteiger partial charge in [-0.3, -0.25) is 25.0 Å². The monoisotopic (exact) mass is 383 g/mol. The first-order chi connectivity index (χ1) is 13.6. The molecule has 0 bridgehead atoms. The van der Waals surface area contributed by atoms with Crippen LogP contribution in [0.5, 0.6) is 11.5 Å². The molecule has 0 spiro atoms. The van der Waals surface area contributed by atoms with E-state index in [4.69, 9.17) is 13.9 Å². The first-order valence-corrected chi connectivity index (χ1v) is 8.69. The molecular formula is C19H17N3O6. The summed E-state index contributed by atoms with van der Waals surface area (Å²) in [6.45, 7) is 0.450. The number of benzene rings is 2. The SMILES string of the molecule is O=C(CCCn1c(=O)oc2ccccc21)NNC(=O)c1ccc2c(c1)OCO2. The highest BCUT2D eigenvalue weighted by atomic mass is 16.7. The topological polar surface area (TPSA) is 112 Å². The summed E-state index contributed by atoms with van der Waals surface area (Å²) < 4.78 is 17.0. The number of hydrazine groups is 1. The van der Waals surface area contributed by atoms with Crippen molar-refractivity contribution >= 4 is 22.9 Å². The molecule has 0 fully saturated rings. The van der Waals surface area contributed by atoms with E-state index in [1.54, 1.807) is 36.4 Å². The number of carbonyl (C=O) groups excluding carboxylic acids is 2. The van der Waals surface area contributed by atoms with E-state index in [1.165, 1.54) is 4.57 Å². The fraction of sp³-hybridized carbons (Fsp3) is 0.211. The van der Waals surface area contributed by atoms with E-state index in [-0.39, 0.29) is 19.1 Å². The zero-order chi connectivity index (χ0) is 19.5. The first kappa shape index (κ1) is 17.7. The fourth-order valence-electron chi connectivity index (χ4n) is 2.92. The number of para-hydroxylation sites is 2. The molecule has 0 atom stereocenters. The predicted molar refractivity (Wildman–Crippen MR) is 97.9 cm³/mol. The van der Waals surface area contributed by atoms with Crippen molar-refractivity contribution in [2.45, 2.75) is 19.4 Å². The molecule has 28 heavy (non-hydrogen) atoms. The zero-order valence-corrected chi connectivity index (χ0v) is 14.8. The quantitative estimate of drug-likeness (QED) is 0.647. The van der Waals surface area contributed by atoms with Crippen molar-refractivity contribution in [3.05, 3.63) is 58.6 Å². The summed E-state index contributed by atoms with van der Waals surface area (Å²) in [5.74, 6) is -0.240. The number of hydrogen-bond donors (Lipinski definition) is 2. The van der Waals surface area contributed by atoms with E-state index >= 15 is 0 Å². The first-order valence-electron chi connectivity index (χ1n) is 8.69. The predicted octanol–water partition coefficient (Wildman–Crippen LogP) is 1.56. The van der Waals surface area contributed by atoms with Gasteiger partial charge in [0.15, 0.2) is 17.1 Å². The van der Waals surface area contributed by atoms with E-state index in [2.05, 4.69) is 10.9 Å². The van der Waals surface area contributed by atoms with Crippen molar-refractivity contribution in [2.24, 2.45) is 0 Å². The van der Waals surface area contributed by atoms with E-state index in [9.17, 15) is 14.4 Å². The summed E-state index contributed by atoms with van der Waals surface area (Å²) in [5, 5.41) is 0. The van der Waals surface area contributed by atoms with Crippen molar-refractivity contribution in [1.82, 2.24) is 15.4 Å². The normalized spacial score (nSPS) is 12.1. The lowest BCUT2D eigenvalue weighted by Gasteiger charge is -2.08. The molecule has 0 radical (unpaired) electrons. The number of oxazole rings is 1. The Labute approximate surface area is 158 Å². The Hall–Kier alpha value is -3.75. The van der Waals surface area contributed by atoms with Crippen molar-refractivity contribution < 1.29 is 23.5 Å². The van der Waals surface area contributed by atoms with Crippen LogP contribution in [-0.2, 0) is 11.3 Å². The highest BCUT2D eigenvalue weighted by molar-refractivity contribution is 5.96. The highest BCUT2D eigenvalue weighted by Gasteiger charge is 2.16. The van der Waals surface area contributed by atoms with Crippen molar-refractivity contribution in [2.75, 3.05) is 6.79 Å². The van der Waals surface area contributed by atoms with Gasteiger partial charge in [-0.1, -0.05) is 12.1 Å². The highest BCUT2D eigenvalue weighted by Crippen LogP contribution is 2.32. The number of aromatic nitrogens is 1. The van der Waals surface area contributed by atoms with Gasteiger partial charge in [0.1, 0.15) is 0 Å². The molecule has 2 amide bonds. The molecule has 3 aromatic rings. The van der Waals surface area contributed by atoms with Crippen LogP contribution in [0.1, 0.15) is 23.2 Å². The molecule has 1 aliphatic rings. The van der Waals surface area contributed by atoms with Gasteiger partial charge in [-0.25, -0.2) is 4.79 Å². The van der Waals surface area contributed by atoms with Crippen LogP contribution in [0, 0.1) is 0 Å². The van der Waals surface area contributed by atoms with Crippen LogP contribution in [-0.4, -0.2) is 23.2 Å². The molecular weight excluding hydrogens is 366 g/mol. The Morgan fingerprint density at radius 3 is 2.75 bits per heavy atom. The average molecular weight is 383 g/mol. The lowest BCUT2D eigenvalue weighted by atomic mass is 10.2. The van der Waals surface area contributed by atoms with Crippen LogP contribution in [0.2, 0.25) is 0 Å². The van der Waals surface area contributed by atoms with E-state index in [0.717, 1.165) is 0 Å². The third-order valence-electron chi connectivity index (χ3n) is 4.31. The Morgan fingerprint density at radius 2 is 1.86 bits per heavy atom. The maximum atomic E-state index is 12.1. The fourth-order valence-corrected chi connectivity index (χ4v) is 2.92. The average Bonchev–Trinajstić information content (AvgIpc) is 3.29. The Balaban J connectivity index is 1.27. The summed E-state index contributed by atoms with van der Waals surface area (Å²) in [7, 11) is 0. The number of nitrogens with zero attached hydrogens (tertiary/aromatic N) is 1. The summed E-state index contributed by atoms with van der Waals surface area (Å²) in [4.78, 5) is 36.0. The maximum absolute atomic E-state index is 12.1. The van der Waals surface area contributed by atoms with Gasteiger partial charge in [0.25, 0.3) is 5.91 Å². The molecule has 0 saturated carbocycles. The van der Waals surface area contributed by atoms with E-state index in [1.807, 2.05) is 6.07 Å². The lowest BCUT2D eigenvalue weighted by Crippen LogP contribution is -2.41. The third-order valence-corrected chi connectivity index (χ3v) is 4.31. The van der Waals surface area contributed by atoms with Gasteiger partial charge in [-0.05, 0) is 36.8 Å². The van der Waals surface area contributed by atoms with Crippen LogP contribution in [0.15, 0.2) is 51.7 Å². The van der Waals surface area contributed by atoms with Gasteiger partial charge in [-0.15, -0.1) is 0 Å². The molecule has 0 aliphatic carbocycles. The molecule has 9 nitrogen and oxygen atoms in total. The number of hydrogen-bond acceptors (Lipinski definition) is 6. The Morgan fingerprint density at radius 1 is 1.04 bits per heavy atom.